The molecule has 0 saturated carbocycles. The molecule has 0 aromatic carbocycles. The van der Waals surface area contributed by atoms with E-state index < -0.39 is 6.10 Å². The van der Waals surface area contributed by atoms with Crippen molar-refractivity contribution in [1.82, 2.24) is 0 Å². The number of allylic oxidation sites excluding steroid dienone is 10. The Kier molecular flexibility index (Phi) is 52.9. The van der Waals surface area contributed by atoms with Crippen LogP contribution < -0.4 is 0 Å². The minimum atomic E-state index is -0.548. The van der Waals surface area contributed by atoms with Crippen molar-refractivity contribution in [2.75, 3.05) is 19.8 Å². The van der Waals surface area contributed by atoms with Crippen LogP contribution in [0.5, 0.6) is 0 Å². The Morgan fingerprint density at radius 1 is 0.359 bits per heavy atom. The largest absolute Gasteiger partial charge is 0.462 e. The molecular formula is C59H106O5. The molecule has 0 N–H and O–H groups in total. The second kappa shape index (κ2) is 54.9. The predicted octanol–water partition coefficient (Wildman–Crippen LogP) is 18.9. The first-order chi connectivity index (χ1) is 31.6. The summed E-state index contributed by atoms with van der Waals surface area (Å²) in [5, 5.41) is 0. The molecule has 1 unspecified atom stereocenters. The Bertz CT molecular complexity index is 1100. The Hall–Kier alpha value is -2.40. The van der Waals surface area contributed by atoms with Crippen molar-refractivity contribution in [3.63, 3.8) is 0 Å². The van der Waals surface area contributed by atoms with Crippen molar-refractivity contribution < 1.29 is 23.8 Å². The maximum atomic E-state index is 12.8. The van der Waals surface area contributed by atoms with E-state index in [1.807, 2.05) is 0 Å². The first-order valence-electron chi connectivity index (χ1n) is 27.8. The summed E-state index contributed by atoms with van der Waals surface area (Å²) in [6, 6.07) is 0. The lowest BCUT2D eigenvalue weighted by Gasteiger charge is -2.18. The van der Waals surface area contributed by atoms with Crippen LogP contribution >= 0.6 is 0 Å². The van der Waals surface area contributed by atoms with E-state index in [0.717, 1.165) is 83.5 Å². The molecule has 0 aliphatic heterocycles. The molecule has 0 fully saturated rings. The lowest BCUT2D eigenvalue weighted by Crippen LogP contribution is -2.30. The number of esters is 2. The standard InChI is InChI=1S/C59H106O5/c1-4-7-10-13-16-19-22-25-27-29-30-32-33-35-37-40-43-46-49-52-58(60)63-56-57(55-62-54-51-48-45-42-39-24-21-18-15-12-9-6-3)64-59(61)53-50-47-44-41-38-36-34-31-28-26-23-20-17-14-11-8-5-2/h8,11,17,20,25-28,34,36,57H,4-7,9-10,12-16,18-19,21-24,29-33,35,37-56H2,1-3H3/b11-8-,20-17-,27-25-,28-26-,36-34-. The van der Waals surface area contributed by atoms with E-state index >= 15 is 0 Å². The van der Waals surface area contributed by atoms with Crippen molar-refractivity contribution in [3.05, 3.63) is 60.8 Å². The third-order valence-corrected chi connectivity index (χ3v) is 12.0. The monoisotopic (exact) mass is 895 g/mol. The summed E-state index contributed by atoms with van der Waals surface area (Å²) in [7, 11) is 0. The molecule has 0 aromatic rings. The topological polar surface area (TPSA) is 61.8 Å². The molecule has 0 heterocycles. The lowest BCUT2D eigenvalue weighted by atomic mass is 10.1. The molecular weight excluding hydrogens is 789 g/mol. The first-order valence-corrected chi connectivity index (χ1v) is 27.8. The van der Waals surface area contributed by atoms with Crippen LogP contribution in [0.25, 0.3) is 0 Å². The maximum Gasteiger partial charge on any atom is 0.306 e. The molecule has 0 radical (unpaired) electrons. The summed E-state index contributed by atoms with van der Waals surface area (Å²) in [5.41, 5.74) is 0. The van der Waals surface area contributed by atoms with Gasteiger partial charge in [0.2, 0.25) is 0 Å². The zero-order valence-electron chi connectivity index (χ0n) is 42.8. The van der Waals surface area contributed by atoms with Crippen LogP contribution in [0.15, 0.2) is 60.8 Å². The molecule has 64 heavy (non-hydrogen) atoms. The fraction of sp³-hybridized carbons (Fsp3) is 0.797. The number of carbonyl (C=O) groups excluding carboxylic acids is 2. The Morgan fingerprint density at radius 2 is 0.703 bits per heavy atom. The van der Waals surface area contributed by atoms with Gasteiger partial charge in [0, 0.05) is 19.4 Å². The molecule has 0 spiro atoms. The molecule has 5 nitrogen and oxygen atoms in total. The summed E-state index contributed by atoms with van der Waals surface area (Å²) in [5.74, 6) is -0.416. The van der Waals surface area contributed by atoms with Gasteiger partial charge in [-0.25, -0.2) is 0 Å². The van der Waals surface area contributed by atoms with Crippen LogP contribution in [-0.2, 0) is 23.8 Å². The van der Waals surface area contributed by atoms with E-state index in [2.05, 4.69) is 81.5 Å². The summed E-state index contributed by atoms with van der Waals surface area (Å²) in [6.45, 7) is 7.72. The number of hydrogen-bond acceptors (Lipinski definition) is 5. The van der Waals surface area contributed by atoms with Crippen LogP contribution in [0.1, 0.15) is 278 Å². The Morgan fingerprint density at radius 3 is 1.14 bits per heavy atom. The normalized spacial score (nSPS) is 12.6. The number of hydrogen-bond donors (Lipinski definition) is 0. The maximum absolute atomic E-state index is 12.8. The third kappa shape index (κ3) is 52.2. The second-order valence-corrected chi connectivity index (χ2v) is 18.5. The molecule has 0 aliphatic rings. The SMILES string of the molecule is CC/C=C\C/C=C\C/C=C\C/C=C\CCCCCCC(=O)OC(COCCCCCCCCCCCCCC)COC(=O)CCCCCCCCCCC/C=C\CCCCCCCC. The average molecular weight is 895 g/mol. The number of rotatable bonds is 51. The van der Waals surface area contributed by atoms with Crippen molar-refractivity contribution in [2.45, 2.75) is 284 Å². The molecule has 0 saturated heterocycles. The highest BCUT2D eigenvalue weighted by atomic mass is 16.6. The van der Waals surface area contributed by atoms with E-state index in [-0.39, 0.29) is 25.2 Å². The molecule has 0 amide bonds. The van der Waals surface area contributed by atoms with Gasteiger partial charge in [-0.1, -0.05) is 242 Å². The van der Waals surface area contributed by atoms with Gasteiger partial charge in [0.15, 0.2) is 6.10 Å². The second-order valence-electron chi connectivity index (χ2n) is 18.5. The number of ether oxygens (including phenoxy) is 3. The molecule has 372 valence electrons. The first kappa shape index (κ1) is 61.6. The number of unbranched alkanes of at least 4 members (excludes halogenated alkanes) is 30. The minimum Gasteiger partial charge on any atom is -0.462 e. The van der Waals surface area contributed by atoms with E-state index in [0.29, 0.717) is 19.4 Å². The smallest absolute Gasteiger partial charge is 0.306 e. The highest BCUT2D eigenvalue weighted by Crippen LogP contribution is 2.15. The Labute approximate surface area is 398 Å². The third-order valence-electron chi connectivity index (χ3n) is 12.0. The molecule has 0 rings (SSSR count). The van der Waals surface area contributed by atoms with E-state index in [9.17, 15) is 9.59 Å². The van der Waals surface area contributed by atoms with E-state index in [4.69, 9.17) is 14.2 Å². The van der Waals surface area contributed by atoms with Gasteiger partial charge < -0.3 is 14.2 Å². The lowest BCUT2D eigenvalue weighted by molar-refractivity contribution is -0.163. The highest BCUT2D eigenvalue weighted by Gasteiger charge is 2.17. The summed E-state index contributed by atoms with van der Waals surface area (Å²) in [6.07, 6.45) is 69.5. The van der Waals surface area contributed by atoms with Gasteiger partial charge in [-0.3, -0.25) is 9.59 Å². The fourth-order valence-corrected chi connectivity index (χ4v) is 7.91. The van der Waals surface area contributed by atoms with Gasteiger partial charge in [-0.2, -0.15) is 0 Å². The van der Waals surface area contributed by atoms with Crippen LogP contribution in [0.2, 0.25) is 0 Å². The zero-order valence-corrected chi connectivity index (χ0v) is 42.8. The Balaban J connectivity index is 4.26. The van der Waals surface area contributed by atoms with Crippen LogP contribution in [0.4, 0.5) is 0 Å². The summed E-state index contributed by atoms with van der Waals surface area (Å²) >= 11 is 0. The van der Waals surface area contributed by atoms with Gasteiger partial charge in [0.25, 0.3) is 0 Å². The fourth-order valence-electron chi connectivity index (χ4n) is 7.91. The van der Waals surface area contributed by atoms with E-state index in [1.165, 1.54) is 161 Å². The number of carbonyl (C=O) groups is 2. The van der Waals surface area contributed by atoms with Crippen LogP contribution in [0, 0.1) is 0 Å². The van der Waals surface area contributed by atoms with Gasteiger partial charge in [-0.15, -0.1) is 0 Å². The molecule has 5 heteroatoms. The zero-order chi connectivity index (χ0) is 46.3. The molecule has 0 bridgehead atoms. The van der Waals surface area contributed by atoms with E-state index in [1.54, 1.807) is 0 Å². The summed E-state index contributed by atoms with van der Waals surface area (Å²) in [4.78, 5) is 25.5. The van der Waals surface area contributed by atoms with Crippen molar-refractivity contribution >= 4 is 11.9 Å². The minimum absolute atomic E-state index is 0.0762. The quantitative estimate of drug-likeness (QED) is 0.0346. The summed E-state index contributed by atoms with van der Waals surface area (Å²) < 4.78 is 17.4. The van der Waals surface area contributed by atoms with Crippen molar-refractivity contribution in [1.29, 1.82) is 0 Å². The van der Waals surface area contributed by atoms with Crippen molar-refractivity contribution in [3.8, 4) is 0 Å². The van der Waals surface area contributed by atoms with Crippen LogP contribution in [0.3, 0.4) is 0 Å². The molecule has 1 atom stereocenters. The average Bonchev–Trinajstić information content (AvgIpc) is 3.30. The van der Waals surface area contributed by atoms with Crippen molar-refractivity contribution in [2.24, 2.45) is 0 Å². The van der Waals surface area contributed by atoms with Gasteiger partial charge >= 0.3 is 11.9 Å². The van der Waals surface area contributed by atoms with Gasteiger partial charge in [0.1, 0.15) is 6.61 Å². The van der Waals surface area contributed by atoms with Crippen LogP contribution in [-0.4, -0.2) is 37.9 Å². The molecule has 0 aliphatic carbocycles. The molecule has 0 aromatic heterocycles. The predicted molar refractivity (Wildman–Crippen MR) is 279 cm³/mol. The van der Waals surface area contributed by atoms with Gasteiger partial charge in [0.05, 0.1) is 6.61 Å². The highest BCUT2D eigenvalue weighted by molar-refractivity contribution is 5.70. The van der Waals surface area contributed by atoms with Gasteiger partial charge in [-0.05, 0) is 83.5 Å².